The van der Waals surface area contributed by atoms with Gasteiger partial charge < -0.3 is 45.5 Å². The highest BCUT2D eigenvalue weighted by molar-refractivity contribution is 5.86. The third kappa shape index (κ3) is 8.06. The quantitative estimate of drug-likeness (QED) is 0.0714. The summed E-state index contributed by atoms with van der Waals surface area (Å²) in [7, 11) is 1.95. The molecule has 1 heterocycles. The van der Waals surface area contributed by atoms with Crippen LogP contribution in [-0.2, 0) is 40.2 Å². The van der Waals surface area contributed by atoms with Crippen molar-refractivity contribution < 1.29 is 45.0 Å². The first-order chi connectivity index (χ1) is 42.5. The SMILES string of the molecule is CCC1c2cccc(c2)CC2CCC3(C#Cc4cccc(CO)c4CC(NC)C4CC5CC6(O)C(CC7C#CCC(Cc8cccc1c8)C1CCC8(C1)CC1(C=O)C7C6(O)C(O)C6CC(C(C)C7CCCC7)CCC(C8O)C61O)(C3)C5C1=CC(=O)OC14)C2. The molecule has 0 aromatic heterocycles. The number of rotatable bonds is 6. The van der Waals surface area contributed by atoms with Crippen LogP contribution in [0.25, 0.3) is 0 Å². The summed E-state index contributed by atoms with van der Waals surface area (Å²) in [5.74, 6) is 11.9. The lowest BCUT2D eigenvalue weighted by Crippen LogP contribution is -2.87. The third-order valence-corrected chi connectivity index (χ3v) is 28.9. The van der Waals surface area contributed by atoms with Gasteiger partial charge in [0.1, 0.15) is 23.6 Å². The first-order valence-corrected chi connectivity index (χ1v) is 35.0. The predicted molar refractivity (Wildman–Crippen MR) is 335 cm³/mol. The molecule has 466 valence electrons. The van der Waals surface area contributed by atoms with Crippen LogP contribution >= 0.6 is 0 Å². The van der Waals surface area contributed by atoms with Crippen LogP contribution in [0.1, 0.15) is 187 Å². The molecule has 24 atom stereocenters. The van der Waals surface area contributed by atoms with Gasteiger partial charge in [-0.05, 0) is 220 Å². The zero-order valence-corrected chi connectivity index (χ0v) is 52.3. The molecule has 9 saturated carbocycles. The Balaban J connectivity index is 0.980. The van der Waals surface area contributed by atoms with Crippen molar-refractivity contribution in [3.05, 3.63) is 117 Å². The Morgan fingerprint density at radius 1 is 0.784 bits per heavy atom. The van der Waals surface area contributed by atoms with Gasteiger partial charge in [0.15, 0.2) is 0 Å². The van der Waals surface area contributed by atoms with E-state index in [9.17, 15) is 25.2 Å². The van der Waals surface area contributed by atoms with Gasteiger partial charge >= 0.3 is 5.97 Å². The molecule has 3 spiro atoms. The number of likely N-dealkylation sites (N-methyl/N-ethyl adjacent to an activating group) is 1. The lowest BCUT2D eigenvalue weighted by atomic mass is 9.31. The summed E-state index contributed by atoms with van der Waals surface area (Å²) in [5, 5.41) is 89.4. The van der Waals surface area contributed by atoms with E-state index in [1.165, 1.54) is 35.1 Å². The predicted octanol–water partition coefficient (Wildman–Crippen LogP) is 10.5. The summed E-state index contributed by atoms with van der Waals surface area (Å²) >= 11 is 0. The second-order valence-corrected chi connectivity index (χ2v) is 32.2. The molecule has 3 aromatic carbocycles. The van der Waals surface area contributed by atoms with Crippen LogP contribution in [0, 0.1) is 122 Å². The lowest BCUT2D eigenvalue weighted by Gasteiger charge is -2.75. The van der Waals surface area contributed by atoms with Crippen molar-refractivity contribution in [3.63, 3.8) is 0 Å². The molecule has 10 heteroatoms. The lowest BCUT2D eigenvalue weighted by molar-refractivity contribution is -0.391. The highest BCUT2D eigenvalue weighted by atomic mass is 16.5. The molecule has 10 nitrogen and oxygen atoms in total. The van der Waals surface area contributed by atoms with Crippen molar-refractivity contribution in [3.8, 4) is 23.7 Å². The monoisotopic (exact) mass is 1190 g/mol. The van der Waals surface area contributed by atoms with E-state index in [4.69, 9.17) is 4.74 Å². The molecule has 7 N–H and O–H groups in total. The zero-order chi connectivity index (χ0) is 60.5. The summed E-state index contributed by atoms with van der Waals surface area (Å²) in [6, 6.07) is 24.3. The van der Waals surface area contributed by atoms with Crippen molar-refractivity contribution in [1.82, 2.24) is 5.32 Å². The van der Waals surface area contributed by atoms with E-state index in [0.717, 1.165) is 79.9 Å². The van der Waals surface area contributed by atoms with Gasteiger partial charge in [0.05, 0.1) is 29.8 Å². The number of benzene rings is 3. The van der Waals surface area contributed by atoms with E-state index in [0.29, 0.717) is 70.1 Å². The average molecular weight is 1190 g/mol. The minimum Gasteiger partial charge on any atom is -0.454 e. The van der Waals surface area contributed by atoms with Crippen LogP contribution in [0.5, 0.6) is 0 Å². The minimum atomic E-state index is -2.40. The molecular weight excluding hydrogens is 1090 g/mol. The third-order valence-electron chi connectivity index (χ3n) is 28.9. The topological polar surface area (TPSA) is 177 Å². The summed E-state index contributed by atoms with van der Waals surface area (Å²) in [4.78, 5) is 30.3. The number of carbonyl (C=O) groups is 2. The highest BCUT2D eigenvalue weighted by Crippen LogP contribution is 2.81. The number of hydrogen-bond donors (Lipinski definition) is 7. The molecule has 15 bridgehead atoms. The van der Waals surface area contributed by atoms with Crippen LogP contribution in [0.2, 0.25) is 0 Å². The van der Waals surface area contributed by atoms with E-state index < -0.39 is 92.3 Å². The van der Waals surface area contributed by atoms with Gasteiger partial charge in [-0.3, -0.25) is 0 Å². The number of nitrogens with one attached hydrogen (secondary N) is 1. The fourth-order valence-corrected chi connectivity index (χ4v) is 25.4. The zero-order valence-electron chi connectivity index (χ0n) is 52.3. The molecule has 17 rings (SSSR count). The molecule has 24 unspecified atom stereocenters. The van der Waals surface area contributed by atoms with Crippen LogP contribution in [-0.4, -0.2) is 91.1 Å². The van der Waals surface area contributed by atoms with Crippen molar-refractivity contribution in [2.45, 2.75) is 215 Å². The molecule has 1 aliphatic heterocycles. The summed E-state index contributed by atoms with van der Waals surface area (Å²) < 4.78 is 6.64. The number of esters is 1. The molecular formula is C78H95NO9. The Labute approximate surface area is 521 Å². The fraction of sp³-hybridized carbons (Fsp3) is 0.667. The molecule has 14 aliphatic rings. The largest absolute Gasteiger partial charge is 0.454 e. The van der Waals surface area contributed by atoms with E-state index in [1.807, 2.05) is 19.2 Å². The maximum absolute atomic E-state index is 15.9. The summed E-state index contributed by atoms with van der Waals surface area (Å²) in [6.45, 7) is 4.49. The highest BCUT2D eigenvalue weighted by Gasteiger charge is 2.88. The van der Waals surface area contributed by atoms with Gasteiger partial charge in [0, 0.05) is 70.4 Å². The van der Waals surface area contributed by atoms with Crippen molar-refractivity contribution >= 4 is 12.3 Å². The molecule has 3 aromatic rings. The Morgan fingerprint density at radius 2 is 1.56 bits per heavy atom. The number of aliphatic hydroxyl groups is 6. The van der Waals surface area contributed by atoms with Crippen LogP contribution in [0.4, 0.5) is 0 Å². The first-order valence-electron chi connectivity index (χ1n) is 35.0. The average Bonchev–Trinajstić information content (AvgIpc) is 1.17. The number of hydrogen-bond acceptors (Lipinski definition) is 10. The van der Waals surface area contributed by atoms with E-state index in [-0.39, 0.29) is 79.3 Å². The van der Waals surface area contributed by atoms with Gasteiger partial charge in [-0.15, -0.1) is 5.92 Å². The summed E-state index contributed by atoms with van der Waals surface area (Å²) in [5.41, 5.74) is -2.34. The molecule has 9 fully saturated rings. The van der Waals surface area contributed by atoms with Crippen molar-refractivity contribution in [1.29, 1.82) is 0 Å². The summed E-state index contributed by atoms with van der Waals surface area (Å²) in [6.07, 6.45) is 15.1. The normalized spacial score (nSPS) is 47.0. The second kappa shape index (κ2) is 20.9. The minimum absolute atomic E-state index is 0.0329. The Kier molecular flexibility index (Phi) is 13.9. The van der Waals surface area contributed by atoms with Gasteiger partial charge in [0.2, 0.25) is 0 Å². The van der Waals surface area contributed by atoms with E-state index >= 15 is 15.0 Å². The number of ether oxygens (including phenoxy) is 1. The van der Waals surface area contributed by atoms with E-state index in [1.54, 1.807) is 6.08 Å². The molecule has 13 aliphatic carbocycles. The van der Waals surface area contributed by atoms with Crippen LogP contribution in [0.3, 0.4) is 0 Å². The standard InChI is InChI=1S/C78H95NO9/c1-4-59-53-17-7-11-46(31-53)29-48-23-26-72(37-48)27-24-50-15-9-20-57(41-80)60(50)35-65(79-3)61-33-58-40-76(85)74(42-72,67(58)62-36-66(82)88-68(61)62)39-56-19-10-16-52(30-47-12-8-18-54(59)32-47)55-25-28-73(38-55)43-75(44-81)69(56)78(76,87)71(84)64-34-51(45(2)49-13-5-6-14-49)21-22-63(70(73)83)77(64,75)86/h7-9,11-12,15,17-18,20,31-32,36,44-45,48-49,51-52,55-56,58-59,61,63-65,67-71,79-80,83-87H,4-6,13-14,16,21-23,25-26,28-30,33-35,37-43H2,1-3H3. The Bertz CT molecular complexity index is 3470. The molecule has 88 heavy (non-hydrogen) atoms. The number of fused-ring (bicyclic) bond motifs is 11. The molecule has 0 amide bonds. The fourth-order valence-electron chi connectivity index (χ4n) is 25.4. The number of aldehydes is 1. The van der Waals surface area contributed by atoms with Crippen molar-refractivity contribution in [2.75, 3.05) is 7.05 Å². The smallest absolute Gasteiger partial charge is 0.331 e. The maximum atomic E-state index is 15.9. The second-order valence-electron chi connectivity index (χ2n) is 32.2. The Hall–Kier alpha value is -4.62. The van der Waals surface area contributed by atoms with Crippen LogP contribution in [0.15, 0.2) is 78.4 Å². The number of aliphatic hydroxyl groups excluding tert-OH is 3. The Morgan fingerprint density at radius 3 is 2.31 bits per heavy atom. The van der Waals surface area contributed by atoms with Gasteiger partial charge in [-0.2, -0.15) is 0 Å². The maximum Gasteiger partial charge on any atom is 0.331 e. The first kappa shape index (κ1) is 58.5. The van der Waals surface area contributed by atoms with Gasteiger partial charge in [0.25, 0.3) is 0 Å². The van der Waals surface area contributed by atoms with Gasteiger partial charge in [-0.1, -0.05) is 118 Å². The van der Waals surface area contributed by atoms with Crippen LogP contribution < -0.4 is 5.32 Å². The number of carbonyl (C=O) groups excluding carboxylic acids is 2. The molecule has 0 radical (unpaired) electrons. The van der Waals surface area contributed by atoms with Gasteiger partial charge in [-0.25, -0.2) is 4.79 Å². The molecule has 0 saturated heterocycles. The van der Waals surface area contributed by atoms with Crippen molar-refractivity contribution in [2.24, 2.45) is 98.6 Å². The van der Waals surface area contributed by atoms with E-state index in [2.05, 4.69) is 97.4 Å².